The Bertz CT molecular complexity index is 555. The SMILES string of the molecule is C=C/C=C/C=C(C)/C=C/C=C(C)/C=C/C1C(C)CC(O)CC1(C)C. The van der Waals surface area contributed by atoms with Gasteiger partial charge in [-0.15, -0.1) is 0 Å². The lowest BCUT2D eigenvalue weighted by molar-refractivity contribution is 0.00772. The molecule has 1 heteroatoms. The molecule has 0 amide bonds. The molecule has 24 heavy (non-hydrogen) atoms. The van der Waals surface area contributed by atoms with E-state index < -0.39 is 0 Å². The van der Waals surface area contributed by atoms with Gasteiger partial charge in [-0.2, -0.15) is 0 Å². The lowest BCUT2D eigenvalue weighted by Crippen LogP contribution is -2.38. The summed E-state index contributed by atoms with van der Waals surface area (Å²) in [6.45, 7) is 14.7. The van der Waals surface area contributed by atoms with E-state index in [2.05, 4.69) is 77.7 Å². The lowest BCUT2D eigenvalue weighted by Gasteiger charge is -2.43. The van der Waals surface area contributed by atoms with Crippen LogP contribution in [0.4, 0.5) is 0 Å². The molecule has 3 atom stereocenters. The molecule has 1 fully saturated rings. The Kier molecular flexibility index (Phi) is 8.21. The Morgan fingerprint density at radius 3 is 2.29 bits per heavy atom. The largest absolute Gasteiger partial charge is 0.393 e. The topological polar surface area (TPSA) is 20.2 Å². The summed E-state index contributed by atoms with van der Waals surface area (Å²) in [4.78, 5) is 0. The molecule has 0 bridgehead atoms. The third kappa shape index (κ3) is 6.88. The average Bonchev–Trinajstić information content (AvgIpc) is 2.45. The monoisotopic (exact) mass is 326 g/mol. The fourth-order valence-electron chi connectivity index (χ4n) is 3.63. The summed E-state index contributed by atoms with van der Waals surface area (Å²) in [5.41, 5.74) is 2.60. The van der Waals surface area contributed by atoms with Gasteiger partial charge in [0.15, 0.2) is 0 Å². The van der Waals surface area contributed by atoms with Crippen LogP contribution >= 0.6 is 0 Å². The first kappa shape index (κ1) is 20.4. The van der Waals surface area contributed by atoms with Crippen LogP contribution in [0.1, 0.15) is 47.5 Å². The zero-order valence-corrected chi connectivity index (χ0v) is 16.0. The minimum absolute atomic E-state index is 0.149. The molecule has 0 aromatic heterocycles. The smallest absolute Gasteiger partial charge is 0.0548 e. The molecule has 0 aromatic rings. The van der Waals surface area contributed by atoms with Crippen LogP contribution in [0.2, 0.25) is 0 Å². The summed E-state index contributed by atoms with van der Waals surface area (Å²) in [6.07, 6.45) is 20.3. The molecule has 132 valence electrons. The highest BCUT2D eigenvalue weighted by Gasteiger charge is 2.38. The van der Waals surface area contributed by atoms with Crippen LogP contribution in [0, 0.1) is 17.3 Å². The first-order valence-corrected chi connectivity index (χ1v) is 8.93. The fraction of sp³-hybridized carbons (Fsp3) is 0.478. The van der Waals surface area contributed by atoms with E-state index in [0.29, 0.717) is 11.8 Å². The van der Waals surface area contributed by atoms with Crippen molar-refractivity contribution in [3.8, 4) is 0 Å². The molecule has 0 aliphatic heterocycles. The van der Waals surface area contributed by atoms with Crippen molar-refractivity contribution in [1.82, 2.24) is 0 Å². The van der Waals surface area contributed by atoms with Gasteiger partial charge in [-0.1, -0.05) is 93.2 Å². The van der Waals surface area contributed by atoms with Gasteiger partial charge in [0.05, 0.1) is 6.10 Å². The third-order valence-corrected chi connectivity index (χ3v) is 4.81. The van der Waals surface area contributed by atoms with Crippen molar-refractivity contribution in [1.29, 1.82) is 0 Å². The summed E-state index contributed by atoms with van der Waals surface area (Å²) in [5, 5.41) is 10.00. The first-order valence-electron chi connectivity index (χ1n) is 8.93. The van der Waals surface area contributed by atoms with E-state index in [1.54, 1.807) is 6.08 Å². The summed E-state index contributed by atoms with van der Waals surface area (Å²) < 4.78 is 0. The second-order valence-electron chi connectivity index (χ2n) is 7.75. The minimum atomic E-state index is -0.149. The van der Waals surface area contributed by atoms with Crippen LogP contribution in [0.3, 0.4) is 0 Å². The number of rotatable bonds is 6. The Morgan fingerprint density at radius 1 is 1.04 bits per heavy atom. The predicted molar refractivity (Wildman–Crippen MR) is 107 cm³/mol. The summed E-state index contributed by atoms with van der Waals surface area (Å²) >= 11 is 0. The highest BCUT2D eigenvalue weighted by Crippen LogP contribution is 2.44. The Hall–Kier alpha value is -1.60. The highest BCUT2D eigenvalue weighted by molar-refractivity contribution is 5.29. The van der Waals surface area contributed by atoms with Crippen molar-refractivity contribution in [3.63, 3.8) is 0 Å². The Balaban J connectivity index is 2.70. The van der Waals surface area contributed by atoms with E-state index in [1.165, 1.54) is 11.1 Å². The fourth-order valence-corrected chi connectivity index (χ4v) is 3.63. The molecule has 1 aliphatic carbocycles. The maximum atomic E-state index is 10.00. The van der Waals surface area contributed by atoms with Gasteiger partial charge in [-0.05, 0) is 43.9 Å². The zero-order valence-electron chi connectivity index (χ0n) is 16.0. The van der Waals surface area contributed by atoms with Crippen LogP contribution in [0.25, 0.3) is 0 Å². The number of allylic oxidation sites excluding steroid dienone is 11. The molecular formula is C23H34O. The van der Waals surface area contributed by atoms with Gasteiger partial charge in [0.1, 0.15) is 0 Å². The van der Waals surface area contributed by atoms with Crippen molar-refractivity contribution >= 4 is 0 Å². The van der Waals surface area contributed by atoms with Crippen molar-refractivity contribution in [2.24, 2.45) is 17.3 Å². The molecule has 0 heterocycles. The quantitative estimate of drug-likeness (QED) is 0.579. The number of hydrogen-bond donors (Lipinski definition) is 1. The second kappa shape index (κ2) is 9.64. The Labute approximate surface area is 148 Å². The van der Waals surface area contributed by atoms with Gasteiger partial charge in [-0.25, -0.2) is 0 Å². The summed E-state index contributed by atoms with van der Waals surface area (Å²) in [6, 6.07) is 0. The van der Waals surface area contributed by atoms with E-state index in [-0.39, 0.29) is 11.5 Å². The maximum absolute atomic E-state index is 10.00. The van der Waals surface area contributed by atoms with Crippen LogP contribution in [0.15, 0.2) is 72.4 Å². The van der Waals surface area contributed by atoms with E-state index >= 15 is 0 Å². The molecule has 1 rings (SSSR count). The van der Waals surface area contributed by atoms with Crippen molar-refractivity contribution < 1.29 is 5.11 Å². The molecular weight excluding hydrogens is 292 g/mol. The van der Waals surface area contributed by atoms with Gasteiger partial charge >= 0.3 is 0 Å². The van der Waals surface area contributed by atoms with Crippen LogP contribution in [0.5, 0.6) is 0 Å². The third-order valence-electron chi connectivity index (χ3n) is 4.81. The molecule has 0 aromatic carbocycles. The van der Waals surface area contributed by atoms with E-state index in [1.807, 2.05) is 12.2 Å². The molecule has 3 unspecified atom stereocenters. The van der Waals surface area contributed by atoms with Gasteiger partial charge in [0.25, 0.3) is 0 Å². The lowest BCUT2D eigenvalue weighted by atomic mass is 9.63. The van der Waals surface area contributed by atoms with E-state index in [0.717, 1.165) is 12.8 Å². The molecule has 1 N–H and O–H groups in total. The number of aliphatic hydroxyl groups is 1. The average molecular weight is 327 g/mol. The molecule has 0 spiro atoms. The number of aliphatic hydroxyl groups excluding tert-OH is 1. The van der Waals surface area contributed by atoms with Crippen LogP contribution in [-0.2, 0) is 0 Å². The molecule has 1 saturated carbocycles. The zero-order chi connectivity index (χ0) is 18.2. The van der Waals surface area contributed by atoms with Gasteiger partial charge in [-0.3, -0.25) is 0 Å². The molecule has 1 nitrogen and oxygen atoms in total. The molecule has 0 saturated heterocycles. The van der Waals surface area contributed by atoms with Crippen molar-refractivity contribution in [3.05, 3.63) is 72.4 Å². The molecule has 1 aliphatic rings. The van der Waals surface area contributed by atoms with Gasteiger partial charge in [0.2, 0.25) is 0 Å². The van der Waals surface area contributed by atoms with Crippen LogP contribution < -0.4 is 0 Å². The van der Waals surface area contributed by atoms with Crippen molar-refractivity contribution in [2.45, 2.75) is 53.6 Å². The standard InChI is InChI=1S/C23H34O/c1-7-8-9-11-18(2)12-10-13-19(3)14-15-22-20(4)16-21(24)17-23(22,5)6/h7-15,20-22,24H,1,16-17H2,2-6H3/b9-8+,12-10+,15-14+,18-11+,19-13+. The summed E-state index contributed by atoms with van der Waals surface area (Å²) in [7, 11) is 0. The van der Waals surface area contributed by atoms with E-state index in [9.17, 15) is 5.11 Å². The summed E-state index contributed by atoms with van der Waals surface area (Å²) in [5.74, 6) is 1.03. The second-order valence-corrected chi connectivity index (χ2v) is 7.75. The maximum Gasteiger partial charge on any atom is 0.0548 e. The normalized spacial score (nSPS) is 29.0. The predicted octanol–water partition coefficient (Wildman–Crippen LogP) is 6.17. The number of hydrogen-bond acceptors (Lipinski definition) is 1. The minimum Gasteiger partial charge on any atom is -0.393 e. The van der Waals surface area contributed by atoms with Gasteiger partial charge < -0.3 is 5.11 Å². The van der Waals surface area contributed by atoms with Crippen LogP contribution in [-0.4, -0.2) is 11.2 Å². The van der Waals surface area contributed by atoms with Crippen molar-refractivity contribution in [2.75, 3.05) is 0 Å². The molecule has 0 radical (unpaired) electrons. The first-order chi connectivity index (χ1) is 11.3. The van der Waals surface area contributed by atoms with Gasteiger partial charge in [0, 0.05) is 0 Å². The Morgan fingerprint density at radius 2 is 1.67 bits per heavy atom. The van der Waals surface area contributed by atoms with E-state index in [4.69, 9.17) is 0 Å². The highest BCUT2D eigenvalue weighted by atomic mass is 16.3.